The lowest BCUT2D eigenvalue weighted by Gasteiger charge is -2.04. The fourth-order valence-electron chi connectivity index (χ4n) is 1.46. The van der Waals surface area contributed by atoms with E-state index in [1.54, 1.807) is 19.1 Å². The maximum absolute atomic E-state index is 11.7. The molecule has 4 nitrogen and oxygen atoms in total. The van der Waals surface area contributed by atoms with E-state index in [1.807, 2.05) is 6.07 Å². The number of amides is 1. The van der Waals surface area contributed by atoms with Gasteiger partial charge in [-0.05, 0) is 37.8 Å². The van der Waals surface area contributed by atoms with E-state index in [0.717, 1.165) is 6.54 Å². The number of pyridine rings is 1. The number of nitriles is 1. The van der Waals surface area contributed by atoms with Crippen molar-refractivity contribution in [3.05, 3.63) is 29.1 Å². The first-order valence-electron chi connectivity index (χ1n) is 5.36. The molecule has 0 aromatic carbocycles. The van der Waals surface area contributed by atoms with Crippen LogP contribution in [0.5, 0.6) is 0 Å². The molecule has 0 bridgehead atoms. The van der Waals surface area contributed by atoms with Gasteiger partial charge < -0.3 is 5.32 Å². The molecule has 2 rings (SSSR count). The Labute approximate surface area is 94.3 Å². The normalized spacial score (nSPS) is 14.2. The molecule has 0 atom stereocenters. The molecule has 0 saturated heterocycles. The number of nitrogens with zero attached hydrogens (tertiary/aromatic N) is 2. The Morgan fingerprint density at radius 2 is 2.38 bits per heavy atom. The molecular weight excluding hydrogens is 202 g/mol. The number of aryl methyl sites for hydroxylation is 1. The molecule has 82 valence electrons. The number of rotatable bonds is 3. The van der Waals surface area contributed by atoms with Gasteiger partial charge in [0.15, 0.2) is 0 Å². The van der Waals surface area contributed by atoms with Crippen molar-refractivity contribution in [2.75, 3.05) is 6.54 Å². The van der Waals surface area contributed by atoms with Crippen LogP contribution >= 0.6 is 0 Å². The molecule has 1 amide bonds. The number of carbonyl (C=O) groups is 1. The van der Waals surface area contributed by atoms with Gasteiger partial charge in [-0.25, -0.2) is 4.98 Å². The molecule has 1 aliphatic rings. The fourth-order valence-corrected chi connectivity index (χ4v) is 1.46. The highest BCUT2D eigenvalue weighted by molar-refractivity contribution is 5.92. The Bertz CT molecular complexity index is 458. The number of hydrogen-bond acceptors (Lipinski definition) is 3. The van der Waals surface area contributed by atoms with E-state index in [0.29, 0.717) is 22.9 Å². The van der Waals surface area contributed by atoms with Gasteiger partial charge in [0.25, 0.3) is 5.91 Å². The van der Waals surface area contributed by atoms with Crippen LogP contribution in [-0.2, 0) is 0 Å². The van der Waals surface area contributed by atoms with Gasteiger partial charge in [0.2, 0.25) is 0 Å². The van der Waals surface area contributed by atoms with Crippen LogP contribution in [0.1, 0.15) is 34.6 Å². The Morgan fingerprint density at radius 3 is 2.94 bits per heavy atom. The summed E-state index contributed by atoms with van der Waals surface area (Å²) in [7, 11) is 0. The second-order valence-electron chi connectivity index (χ2n) is 4.09. The maximum Gasteiger partial charge on any atom is 0.269 e. The smallest absolute Gasteiger partial charge is 0.269 e. The van der Waals surface area contributed by atoms with E-state index in [1.165, 1.54) is 12.8 Å². The lowest BCUT2D eigenvalue weighted by atomic mass is 10.2. The summed E-state index contributed by atoms with van der Waals surface area (Å²) in [6, 6.07) is 5.25. The molecule has 1 aromatic rings. The van der Waals surface area contributed by atoms with Gasteiger partial charge in [0, 0.05) is 6.54 Å². The van der Waals surface area contributed by atoms with Crippen LogP contribution in [-0.4, -0.2) is 17.4 Å². The summed E-state index contributed by atoms with van der Waals surface area (Å²) in [5.41, 5.74) is 1.50. The lowest BCUT2D eigenvalue weighted by molar-refractivity contribution is 0.0946. The first kappa shape index (κ1) is 10.6. The second-order valence-corrected chi connectivity index (χ2v) is 4.09. The van der Waals surface area contributed by atoms with Crippen LogP contribution in [0.15, 0.2) is 12.1 Å². The van der Waals surface area contributed by atoms with Crippen LogP contribution in [0.2, 0.25) is 0 Å². The Kier molecular flexibility index (Phi) is 2.86. The van der Waals surface area contributed by atoms with Crippen LogP contribution in [0.25, 0.3) is 0 Å². The quantitative estimate of drug-likeness (QED) is 0.828. The first-order chi connectivity index (χ1) is 7.70. The van der Waals surface area contributed by atoms with Crippen molar-refractivity contribution in [1.82, 2.24) is 10.3 Å². The van der Waals surface area contributed by atoms with Gasteiger partial charge in [0.1, 0.15) is 11.8 Å². The summed E-state index contributed by atoms with van der Waals surface area (Å²) >= 11 is 0. The van der Waals surface area contributed by atoms with Crippen LogP contribution in [0.3, 0.4) is 0 Å². The monoisotopic (exact) mass is 215 g/mol. The van der Waals surface area contributed by atoms with Crippen molar-refractivity contribution in [1.29, 1.82) is 5.26 Å². The van der Waals surface area contributed by atoms with Gasteiger partial charge in [-0.15, -0.1) is 0 Å². The Morgan fingerprint density at radius 1 is 1.62 bits per heavy atom. The molecule has 1 aliphatic carbocycles. The molecule has 0 unspecified atom stereocenters. The third kappa shape index (κ3) is 2.37. The SMILES string of the molecule is Cc1nc(C(=O)NCC2CC2)ccc1C#N. The highest BCUT2D eigenvalue weighted by atomic mass is 16.1. The largest absolute Gasteiger partial charge is 0.350 e. The van der Waals surface area contributed by atoms with Crippen molar-refractivity contribution in [2.24, 2.45) is 5.92 Å². The minimum atomic E-state index is -0.153. The Balaban J connectivity index is 2.05. The average Bonchev–Trinajstić information content (AvgIpc) is 3.09. The summed E-state index contributed by atoms with van der Waals surface area (Å²) in [4.78, 5) is 15.8. The van der Waals surface area contributed by atoms with Crippen molar-refractivity contribution in [3.63, 3.8) is 0 Å². The van der Waals surface area contributed by atoms with Crippen LogP contribution in [0, 0.1) is 24.2 Å². The topological polar surface area (TPSA) is 65.8 Å². The van der Waals surface area contributed by atoms with E-state index in [4.69, 9.17) is 5.26 Å². The third-order valence-electron chi connectivity index (χ3n) is 2.69. The molecule has 1 N–H and O–H groups in total. The van der Waals surface area contributed by atoms with Crippen molar-refractivity contribution in [2.45, 2.75) is 19.8 Å². The first-order valence-corrected chi connectivity index (χ1v) is 5.36. The van der Waals surface area contributed by atoms with E-state index in [2.05, 4.69) is 10.3 Å². The van der Waals surface area contributed by atoms with Crippen molar-refractivity contribution >= 4 is 5.91 Å². The average molecular weight is 215 g/mol. The van der Waals surface area contributed by atoms with E-state index >= 15 is 0 Å². The van der Waals surface area contributed by atoms with Crippen molar-refractivity contribution < 1.29 is 4.79 Å². The summed E-state index contributed by atoms with van der Waals surface area (Å²) in [6.45, 7) is 2.47. The minimum Gasteiger partial charge on any atom is -0.350 e. The zero-order chi connectivity index (χ0) is 11.5. The predicted octanol–water partition coefficient (Wildman–Crippen LogP) is 1.40. The molecule has 4 heteroatoms. The number of aromatic nitrogens is 1. The van der Waals surface area contributed by atoms with Crippen LogP contribution < -0.4 is 5.32 Å². The molecule has 1 saturated carbocycles. The van der Waals surface area contributed by atoms with E-state index in [9.17, 15) is 4.79 Å². The van der Waals surface area contributed by atoms with Gasteiger partial charge >= 0.3 is 0 Å². The third-order valence-corrected chi connectivity index (χ3v) is 2.69. The van der Waals surface area contributed by atoms with Gasteiger partial charge in [-0.1, -0.05) is 0 Å². The zero-order valence-corrected chi connectivity index (χ0v) is 9.16. The zero-order valence-electron chi connectivity index (χ0n) is 9.16. The van der Waals surface area contributed by atoms with Gasteiger partial charge in [0.05, 0.1) is 11.3 Å². The Hall–Kier alpha value is -1.89. The summed E-state index contributed by atoms with van der Waals surface area (Å²) < 4.78 is 0. The van der Waals surface area contributed by atoms with Crippen molar-refractivity contribution in [3.8, 4) is 6.07 Å². The second kappa shape index (κ2) is 4.31. The molecule has 1 aromatic heterocycles. The molecule has 1 fully saturated rings. The predicted molar refractivity (Wildman–Crippen MR) is 58.7 cm³/mol. The number of nitrogens with one attached hydrogen (secondary N) is 1. The standard InChI is InChI=1S/C12H13N3O/c1-8-10(6-13)4-5-11(15-8)12(16)14-7-9-2-3-9/h4-5,9H,2-3,7H2,1H3,(H,14,16). The summed E-state index contributed by atoms with van der Waals surface area (Å²) in [5.74, 6) is 0.503. The van der Waals surface area contributed by atoms with Crippen LogP contribution in [0.4, 0.5) is 0 Å². The molecular formula is C12H13N3O. The fraction of sp³-hybridized carbons (Fsp3) is 0.417. The van der Waals surface area contributed by atoms with E-state index in [-0.39, 0.29) is 5.91 Å². The molecule has 16 heavy (non-hydrogen) atoms. The highest BCUT2D eigenvalue weighted by Crippen LogP contribution is 2.27. The molecule has 1 heterocycles. The molecule has 0 spiro atoms. The maximum atomic E-state index is 11.7. The molecule has 0 radical (unpaired) electrons. The lowest BCUT2D eigenvalue weighted by Crippen LogP contribution is -2.26. The minimum absolute atomic E-state index is 0.153. The van der Waals surface area contributed by atoms with Gasteiger partial charge in [-0.2, -0.15) is 5.26 Å². The summed E-state index contributed by atoms with van der Waals surface area (Å²) in [6.07, 6.45) is 2.42. The van der Waals surface area contributed by atoms with E-state index < -0.39 is 0 Å². The number of hydrogen-bond donors (Lipinski definition) is 1. The number of carbonyl (C=O) groups excluding carboxylic acids is 1. The summed E-state index contributed by atoms with van der Waals surface area (Å²) in [5, 5.41) is 11.6. The van der Waals surface area contributed by atoms with Gasteiger partial charge in [-0.3, -0.25) is 4.79 Å². The highest BCUT2D eigenvalue weighted by Gasteiger charge is 2.22. The molecule has 0 aliphatic heterocycles.